The van der Waals surface area contributed by atoms with Gasteiger partial charge in [0.25, 0.3) is 5.91 Å². The molecule has 140 valence electrons. The summed E-state index contributed by atoms with van der Waals surface area (Å²) in [6.45, 7) is 3.56. The zero-order valence-electron chi connectivity index (χ0n) is 14.8. The molecule has 1 aromatic carbocycles. The summed E-state index contributed by atoms with van der Waals surface area (Å²) in [5, 5.41) is 11.7. The fraction of sp³-hybridized carbons (Fsp3) is 0.471. The summed E-state index contributed by atoms with van der Waals surface area (Å²) in [6, 6.07) is 3.24. The van der Waals surface area contributed by atoms with Gasteiger partial charge in [0.1, 0.15) is 34.5 Å². The van der Waals surface area contributed by atoms with Crippen molar-refractivity contribution >= 4 is 29.5 Å². The molecule has 0 aromatic heterocycles. The second-order valence-electron chi connectivity index (χ2n) is 6.59. The van der Waals surface area contributed by atoms with Crippen LogP contribution in [0, 0.1) is 0 Å². The van der Waals surface area contributed by atoms with E-state index in [9.17, 15) is 19.5 Å². The fourth-order valence-electron chi connectivity index (χ4n) is 3.43. The molecule has 0 saturated carbocycles. The lowest BCUT2D eigenvalue weighted by atomic mass is 9.96. The number of carbonyl (C=O) groups excluding carboxylic acids is 2. The van der Waals surface area contributed by atoms with E-state index in [4.69, 9.17) is 9.47 Å². The monoisotopic (exact) mass is 380 g/mol. The molecular weight excluding hydrogens is 360 g/mol. The topological polar surface area (TPSA) is 105 Å². The molecular formula is C17H20N2O6S. The van der Waals surface area contributed by atoms with Crippen molar-refractivity contribution in [1.29, 1.82) is 0 Å². The molecule has 0 bridgehead atoms. The predicted molar refractivity (Wildman–Crippen MR) is 94.5 cm³/mol. The standard InChI is InChI=1S/C17H20N2O6S/c1-17(2)12(16(22)23)19-14(21)11(15(19)26-17)18-13(20)10-8(24-3)6-5-7-9(10)25-4/h5-7,11-12,15H,1-4H3,(H,18,20)(H,22,23)/t11?,12-,15+/m0/s1. The maximum atomic E-state index is 12.8. The van der Waals surface area contributed by atoms with Gasteiger partial charge in [0, 0.05) is 4.75 Å². The zero-order chi connectivity index (χ0) is 19.2. The van der Waals surface area contributed by atoms with E-state index >= 15 is 0 Å². The number of nitrogens with one attached hydrogen (secondary N) is 1. The number of carboxylic acids is 1. The molecule has 2 amide bonds. The van der Waals surface area contributed by atoms with Crippen molar-refractivity contribution in [1.82, 2.24) is 10.2 Å². The third-order valence-corrected chi connectivity index (χ3v) is 6.19. The molecule has 1 aromatic rings. The summed E-state index contributed by atoms with van der Waals surface area (Å²) >= 11 is 1.37. The first-order valence-electron chi connectivity index (χ1n) is 7.97. The number of thioether (sulfide) groups is 1. The van der Waals surface area contributed by atoms with Crippen LogP contribution in [0.15, 0.2) is 18.2 Å². The van der Waals surface area contributed by atoms with Gasteiger partial charge in [-0.25, -0.2) is 4.79 Å². The van der Waals surface area contributed by atoms with Crippen LogP contribution < -0.4 is 14.8 Å². The van der Waals surface area contributed by atoms with Gasteiger partial charge in [0.2, 0.25) is 5.91 Å². The van der Waals surface area contributed by atoms with Gasteiger partial charge in [0.05, 0.1) is 14.2 Å². The first kappa shape index (κ1) is 18.4. The minimum absolute atomic E-state index is 0.195. The fourth-order valence-corrected chi connectivity index (χ4v) is 5.06. The summed E-state index contributed by atoms with van der Waals surface area (Å²) in [4.78, 5) is 38.1. The number of hydrogen-bond donors (Lipinski definition) is 2. The Bertz CT molecular complexity index is 758. The molecule has 2 N–H and O–H groups in total. The molecule has 1 unspecified atom stereocenters. The van der Waals surface area contributed by atoms with E-state index in [1.54, 1.807) is 32.0 Å². The Balaban J connectivity index is 1.83. The first-order chi connectivity index (χ1) is 12.2. The Hall–Kier alpha value is -2.42. The number of benzene rings is 1. The molecule has 2 saturated heterocycles. The highest BCUT2D eigenvalue weighted by molar-refractivity contribution is 8.01. The van der Waals surface area contributed by atoms with Crippen molar-refractivity contribution in [2.75, 3.05) is 14.2 Å². The number of hydrogen-bond acceptors (Lipinski definition) is 6. The van der Waals surface area contributed by atoms with Gasteiger partial charge in [-0.3, -0.25) is 9.59 Å². The zero-order valence-corrected chi connectivity index (χ0v) is 15.6. The highest BCUT2D eigenvalue weighted by Crippen LogP contribution is 2.50. The highest BCUT2D eigenvalue weighted by Gasteiger charge is 2.64. The number of ether oxygens (including phenoxy) is 2. The molecule has 0 aliphatic carbocycles. The van der Waals surface area contributed by atoms with Gasteiger partial charge >= 0.3 is 5.97 Å². The SMILES string of the molecule is COc1cccc(OC)c1C(=O)NC1C(=O)N2[C@@H]1SC(C)(C)[C@@H]2C(=O)O. The number of fused-ring (bicyclic) bond motifs is 1. The quantitative estimate of drug-likeness (QED) is 0.733. The summed E-state index contributed by atoms with van der Waals surface area (Å²) in [5.74, 6) is -1.30. The number of nitrogens with zero attached hydrogens (tertiary/aromatic N) is 1. The van der Waals surface area contributed by atoms with Crippen molar-refractivity contribution in [2.45, 2.75) is 36.1 Å². The highest BCUT2D eigenvalue weighted by atomic mass is 32.2. The lowest BCUT2D eigenvalue weighted by Gasteiger charge is -2.43. The molecule has 26 heavy (non-hydrogen) atoms. The van der Waals surface area contributed by atoms with Gasteiger partial charge in [0.15, 0.2) is 0 Å². The largest absolute Gasteiger partial charge is 0.496 e. The van der Waals surface area contributed by atoms with Gasteiger partial charge in [-0.05, 0) is 26.0 Å². The van der Waals surface area contributed by atoms with Crippen LogP contribution in [0.5, 0.6) is 11.5 Å². The van der Waals surface area contributed by atoms with Gasteiger partial charge in [-0.2, -0.15) is 0 Å². The number of amides is 2. The van der Waals surface area contributed by atoms with E-state index in [1.807, 2.05) is 0 Å². The van der Waals surface area contributed by atoms with E-state index in [0.29, 0.717) is 11.5 Å². The van der Waals surface area contributed by atoms with E-state index in [0.717, 1.165) is 0 Å². The second-order valence-corrected chi connectivity index (χ2v) is 8.36. The van der Waals surface area contributed by atoms with E-state index < -0.39 is 40.0 Å². The van der Waals surface area contributed by atoms with Crippen LogP contribution in [0.1, 0.15) is 24.2 Å². The predicted octanol–water partition coefficient (Wildman–Crippen LogP) is 0.949. The minimum Gasteiger partial charge on any atom is -0.496 e. The van der Waals surface area contributed by atoms with Gasteiger partial charge in [-0.15, -0.1) is 11.8 Å². The minimum atomic E-state index is -1.05. The Kier molecular flexibility index (Phi) is 4.51. The normalized spacial score (nSPS) is 25.9. The van der Waals surface area contributed by atoms with Gasteiger partial charge < -0.3 is 24.8 Å². The molecule has 8 nitrogen and oxygen atoms in total. The van der Waals surface area contributed by atoms with Gasteiger partial charge in [-0.1, -0.05) is 6.07 Å². The molecule has 2 aliphatic rings. The molecule has 9 heteroatoms. The molecule has 2 aliphatic heterocycles. The number of rotatable bonds is 5. The molecule has 0 spiro atoms. The number of β-lactam (4-membered cyclic amide) rings is 1. The molecule has 3 rings (SSSR count). The Morgan fingerprint density at radius 3 is 2.31 bits per heavy atom. The van der Waals surface area contributed by atoms with Crippen molar-refractivity contribution in [3.63, 3.8) is 0 Å². The van der Waals surface area contributed by atoms with Crippen molar-refractivity contribution in [3.8, 4) is 11.5 Å². The lowest BCUT2D eigenvalue weighted by Crippen LogP contribution is -2.70. The summed E-state index contributed by atoms with van der Waals surface area (Å²) < 4.78 is 9.79. The summed E-state index contributed by atoms with van der Waals surface area (Å²) in [6.07, 6.45) is 0. The third kappa shape index (κ3) is 2.66. The van der Waals surface area contributed by atoms with Crippen LogP contribution >= 0.6 is 11.8 Å². The maximum Gasteiger partial charge on any atom is 0.327 e. The average Bonchev–Trinajstić information content (AvgIpc) is 2.86. The van der Waals surface area contributed by atoms with E-state index in [-0.39, 0.29) is 5.56 Å². The summed E-state index contributed by atoms with van der Waals surface area (Å²) in [7, 11) is 2.88. The molecule has 2 heterocycles. The maximum absolute atomic E-state index is 12.8. The Morgan fingerprint density at radius 1 is 1.23 bits per heavy atom. The van der Waals surface area contributed by atoms with Crippen molar-refractivity contribution in [2.24, 2.45) is 0 Å². The van der Waals surface area contributed by atoms with Crippen LogP contribution in [-0.2, 0) is 9.59 Å². The first-order valence-corrected chi connectivity index (χ1v) is 8.85. The third-order valence-electron chi connectivity index (χ3n) is 4.62. The number of carboxylic acid groups (broad SMARTS) is 1. The van der Waals surface area contributed by atoms with Crippen LogP contribution in [0.4, 0.5) is 0 Å². The smallest absolute Gasteiger partial charge is 0.327 e. The number of aliphatic carboxylic acids is 1. The van der Waals surface area contributed by atoms with Crippen LogP contribution in [0.2, 0.25) is 0 Å². The molecule has 3 atom stereocenters. The Labute approximate surface area is 154 Å². The van der Waals surface area contributed by atoms with Crippen molar-refractivity contribution in [3.05, 3.63) is 23.8 Å². The van der Waals surface area contributed by atoms with Crippen LogP contribution in [-0.4, -0.2) is 64.2 Å². The number of carbonyl (C=O) groups is 3. The second kappa shape index (κ2) is 6.39. The number of methoxy groups -OCH3 is 2. The van der Waals surface area contributed by atoms with Crippen LogP contribution in [0.25, 0.3) is 0 Å². The molecule has 2 fully saturated rings. The van der Waals surface area contributed by atoms with Crippen molar-refractivity contribution < 1.29 is 29.0 Å². The van der Waals surface area contributed by atoms with Crippen LogP contribution in [0.3, 0.4) is 0 Å². The Morgan fingerprint density at radius 2 is 1.81 bits per heavy atom. The summed E-state index contributed by atoms with van der Waals surface area (Å²) in [5.41, 5.74) is 0.195. The average molecular weight is 380 g/mol. The van der Waals surface area contributed by atoms with E-state index in [2.05, 4.69) is 5.32 Å². The van der Waals surface area contributed by atoms with E-state index in [1.165, 1.54) is 30.9 Å². The molecule has 0 radical (unpaired) electrons. The lowest BCUT2D eigenvalue weighted by molar-refractivity contribution is -0.159.